The second-order valence-corrected chi connectivity index (χ2v) is 4.94. The van der Waals surface area contributed by atoms with Crippen LogP contribution in [0.15, 0.2) is 0 Å². The molecule has 0 aromatic heterocycles. The Balaban J connectivity index is 2.03. The maximum absolute atomic E-state index is 9.79. The maximum Gasteiger partial charge on any atom is 0.0858 e. The lowest BCUT2D eigenvalue weighted by atomic mass is 9.46. The first-order chi connectivity index (χ1) is 6.46. The third-order valence-electron chi connectivity index (χ3n) is 3.89. The minimum atomic E-state index is -0.800. The summed E-state index contributed by atoms with van der Waals surface area (Å²) in [6.07, 6.45) is -2.81. The van der Waals surface area contributed by atoms with E-state index < -0.39 is 24.4 Å². The lowest BCUT2D eigenvalue weighted by Crippen LogP contribution is -2.75. The van der Waals surface area contributed by atoms with Gasteiger partial charge >= 0.3 is 0 Å². The molecule has 4 nitrogen and oxygen atoms in total. The number of fused-ring (bicyclic) bond motifs is 1. The van der Waals surface area contributed by atoms with Gasteiger partial charge in [-0.25, -0.2) is 0 Å². The van der Waals surface area contributed by atoms with Crippen LogP contribution in [0.4, 0.5) is 0 Å². The van der Waals surface area contributed by atoms with Crippen LogP contribution in [0.1, 0.15) is 13.8 Å². The standard InChI is InChI=1S/C10H18O4/c1-3(2)7(11)5-4-6(8(5)12)10(14)9(4)13/h3-14H,1-2H3/t4?,5-,6?,7+,8?,9?,10-/m1/s1. The first kappa shape index (κ1) is 10.4. The number of hydrogen-bond donors (Lipinski definition) is 4. The van der Waals surface area contributed by atoms with Crippen LogP contribution in [0, 0.1) is 23.7 Å². The number of hydrogen-bond acceptors (Lipinski definition) is 4. The summed E-state index contributed by atoms with van der Waals surface area (Å²) >= 11 is 0. The normalized spacial score (nSPS) is 53.4. The van der Waals surface area contributed by atoms with Gasteiger partial charge in [-0.2, -0.15) is 0 Å². The van der Waals surface area contributed by atoms with Crippen molar-refractivity contribution in [1.82, 2.24) is 0 Å². The first-order valence-corrected chi connectivity index (χ1v) is 5.19. The lowest BCUT2D eigenvalue weighted by Gasteiger charge is -2.63. The van der Waals surface area contributed by atoms with E-state index in [1.54, 1.807) is 0 Å². The molecule has 4 unspecified atom stereocenters. The molecule has 2 fully saturated rings. The van der Waals surface area contributed by atoms with Gasteiger partial charge in [0.15, 0.2) is 0 Å². The fourth-order valence-electron chi connectivity index (χ4n) is 2.89. The predicted molar refractivity (Wildman–Crippen MR) is 49.3 cm³/mol. The van der Waals surface area contributed by atoms with E-state index >= 15 is 0 Å². The van der Waals surface area contributed by atoms with Gasteiger partial charge in [-0.3, -0.25) is 0 Å². The van der Waals surface area contributed by atoms with Gasteiger partial charge < -0.3 is 20.4 Å². The molecule has 2 aliphatic carbocycles. The van der Waals surface area contributed by atoms with Crippen molar-refractivity contribution in [1.29, 1.82) is 0 Å². The minimum absolute atomic E-state index is 0.0699. The second-order valence-electron chi connectivity index (χ2n) is 4.94. The Morgan fingerprint density at radius 2 is 1.36 bits per heavy atom. The fourth-order valence-corrected chi connectivity index (χ4v) is 2.89. The molecule has 0 radical (unpaired) electrons. The van der Waals surface area contributed by atoms with Crippen LogP contribution in [0.25, 0.3) is 0 Å². The Morgan fingerprint density at radius 3 is 1.86 bits per heavy atom. The summed E-state index contributed by atoms with van der Waals surface area (Å²) in [5.74, 6) is -0.528. The highest BCUT2D eigenvalue weighted by Gasteiger charge is 2.67. The Kier molecular flexibility index (Phi) is 2.34. The molecule has 0 heterocycles. The topological polar surface area (TPSA) is 80.9 Å². The number of rotatable bonds is 2. The Morgan fingerprint density at radius 1 is 0.857 bits per heavy atom. The van der Waals surface area contributed by atoms with E-state index in [0.717, 1.165) is 0 Å². The van der Waals surface area contributed by atoms with Crippen LogP contribution in [0.3, 0.4) is 0 Å². The Labute approximate surface area is 83.2 Å². The molecule has 0 amide bonds. The molecular weight excluding hydrogens is 184 g/mol. The molecule has 0 aromatic carbocycles. The summed E-state index contributed by atoms with van der Waals surface area (Å²) in [4.78, 5) is 0. The van der Waals surface area contributed by atoms with Crippen LogP contribution in [-0.2, 0) is 0 Å². The predicted octanol–water partition coefficient (Wildman–Crippen LogP) is -1.04. The zero-order chi connectivity index (χ0) is 10.6. The Bertz CT molecular complexity index is 230. The molecule has 4 N–H and O–H groups in total. The Hall–Kier alpha value is -0.160. The van der Waals surface area contributed by atoms with Crippen molar-refractivity contribution in [2.24, 2.45) is 23.7 Å². The molecule has 4 heteroatoms. The summed E-state index contributed by atoms with van der Waals surface area (Å²) in [7, 11) is 0. The SMILES string of the molecule is CC(C)[C@H](O)[C@@H]1C(O)C2C1C(O)[C@@H]2O. The monoisotopic (exact) mass is 202 g/mol. The van der Waals surface area contributed by atoms with Gasteiger partial charge in [-0.15, -0.1) is 0 Å². The highest BCUT2D eigenvalue weighted by atomic mass is 16.3. The molecule has 0 aliphatic heterocycles. The van der Waals surface area contributed by atoms with Crippen molar-refractivity contribution < 1.29 is 20.4 Å². The van der Waals surface area contributed by atoms with Crippen molar-refractivity contribution in [3.05, 3.63) is 0 Å². The maximum atomic E-state index is 9.79. The molecule has 2 rings (SSSR count). The zero-order valence-corrected chi connectivity index (χ0v) is 8.41. The molecule has 0 aromatic rings. The van der Waals surface area contributed by atoms with E-state index in [-0.39, 0.29) is 23.7 Å². The highest BCUT2D eigenvalue weighted by Crippen LogP contribution is 2.56. The average Bonchev–Trinajstić information content (AvgIpc) is 2.12. The summed E-state index contributed by atoms with van der Waals surface area (Å²) in [6.45, 7) is 3.76. The molecular formula is C10H18O4. The van der Waals surface area contributed by atoms with Crippen LogP contribution in [0.5, 0.6) is 0 Å². The molecule has 7 atom stereocenters. The molecule has 2 saturated carbocycles. The van der Waals surface area contributed by atoms with E-state index in [2.05, 4.69) is 0 Å². The third-order valence-corrected chi connectivity index (χ3v) is 3.89. The van der Waals surface area contributed by atoms with E-state index in [1.165, 1.54) is 0 Å². The van der Waals surface area contributed by atoms with Crippen LogP contribution >= 0.6 is 0 Å². The smallest absolute Gasteiger partial charge is 0.0858 e. The van der Waals surface area contributed by atoms with Gasteiger partial charge in [0.25, 0.3) is 0 Å². The van der Waals surface area contributed by atoms with Gasteiger partial charge in [0.2, 0.25) is 0 Å². The van der Waals surface area contributed by atoms with Crippen molar-refractivity contribution >= 4 is 0 Å². The third kappa shape index (κ3) is 1.08. The molecule has 0 saturated heterocycles. The summed E-state index contributed by atoms with van der Waals surface area (Å²) in [5, 5.41) is 38.2. The average molecular weight is 202 g/mol. The molecule has 0 bridgehead atoms. The molecule has 14 heavy (non-hydrogen) atoms. The second kappa shape index (κ2) is 3.17. The summed E-state index contributed by atoms with van der Waals surface area (Å²) in [6, 6.07) is 0. The highest BCUT2D eigenvalue weighted by molar-refractivity contribution is 5.15. The summed E-state index contributed by atoms with van der Waals surface area (Å²) < 4.78 is 0. The fraction of sp³-hybridized carbons (Fsp3) is 1.00. The lowest BCUT2D eigenvalue weighted by molar-refractivity contribution is -0.305. The molecule has 0 spiro atoms. The van der Waals surface area contributed by atoms with Crippen molar-refractivity contribution in [2.45, 2.75) is 38.3 Å². The first-order valence-electron chi connectivity index (χ1n) is 5.19. The van der Waals surface area contributed by atoms with E-state index in [1.807, 2.05) is 13.8 Å². The number of aliphatic hydroxyl groups excluding tert-OH is 4. The van der Waals surface area contributed by atoms with E-state index in [4.69, 9.17) is 0 Å². The van der Waals surface area contributed by atoms with Crippen LogP contribution < -0.4 is 0 Å². The van der Waals surface area contributed by atoms with Gasteiger partial charge in [0.05, 0.1) is 24.4 Å². The van der Waals surface area contributed by atoms with Gasteiger partial charge in [-0.05, 0) is 5.92 Å². The largest absolute Gasteiger partial charge is 0.392 e. The van der Waals surface area contributed by atoms with Gasteiger partial charge in [0.1, 0.15) is 0 Å². The minimum Gasteiger partial charge on any atom is -0.392 e. The van der Waals surface area contributed by atoms with E-state index in [0.29, 0.717) is 0 Å². The number of aliphatic hydroxyl groups is 4. The summed E-state index contributed by atoms with van der Waals surface area (Å²) in [5.41, 5.74) is 0. The molecule has 82 valence electrons. The van der Waals surface area contributed by atoms with Crippen LogP contribution in [0.2, 0.25) is 0 Å². The van der Waals surface area contributed by atoms with Crippen molar-refractivity contribution in [3.63, 3.8) is 0 Å². The van der Waals surface area contributed by atoms with E-state index in [9.17, 15) is 20.4 Å². The van der Waals surface area contributed by atoms with Gasteiger partial charge in [-0.1, -0.05) is 13.8 Å². The quantitative estimate of drug-likeness (QED) is 0.461. The molecule has 2 aliphatic rings. The van der Waals surface area contributed by atoms with Crippen molar-refractivity contribution in [2.75, 3.05) is 0 Å². The van der Waals surface area contributed by atoms with Gasteiger partial charge in [0, 0.05) is 17.8 Å². The van der Waals surface area contributed by atoms with Crippen molar-refractivity contribution in [3.8, 4) is 0 Å². The zero-order valence-electron chi connectivity index (χ0n) is 8.41. The van der Waals surface area contributed by atoms with Crippen LogP contribution in [-0.4, -0.2) is 44.8 Å².